The fraction of sp³-hybridized carbons (Fsp3) is 0.818. The minimum Gasteiger partial charge on any atom is -0.356 e. The molecule has 0 atom stereocenters. The molecule has 88 valence electrons. The first-order valence-electron chi connectivity index (χ1n) is 5.42. The molecule has 0 saturated carbocycles. The summed E-state index contributed by atoms with van der Waals surface area (Å²) in [7, 11) is 0. The van der Waals surface area contributed by atoms with Gasteiger partial charge >= 0.3 is 0 Å². The van der Waals surface area contributed by atoms with Crippen LogP contribution in [0.25, 0.3) is 0 Å². The molecule has 0 fully saturated rings. The van der Waals surface area contributed by atoms with E-state index >= 15 is 0 Å². The third-order valence-electron chi connectivity index (χ3n) is 2.01. The summed E-state index contributed by atoms with van der Waals surface area (Å²) in [6.07, 6.45) is 6.78. The summed E-state index contributed by atoms with van der Waals surface area (Å²) in [6, 6.07) is 0. The monoisotopic (exact) mass is 231 g/mol. The van der Waals surface area contributed by atoms with E-state index in [9.17, 15) is 9.59 Å². The van der Waals surface area contributed by atoms with E-state index in [4.69, 9.17) is 0 Å². The van der Waals surface area contributed by atoms with Crippen LogP contribution in [-0.2, 0) is 9.59 Å². The van der Waals surface area contributed by atoms with Crippen molar-refractivity contribution in [3.63, 3.8) is 0 Å². The quantitative estimate of drug-likeness (QED) is 0.488. The van der Waals surface area contributed by atoms with Gasteiger partial charge < -0.3 is 5.32 Å². The van der Waals surface area contributed by atoms with Crippen LogP contribution in [0.4, 0.5) is 0 Å². The van der Waals surface area contributed by atoms with Gasteiger partial charge in [0.05, 0.1) is 6.42 Å². The molecule has 0 aliphatic carbocycles. The molecule has 0 aliphatic rings. The number of hydrogen-bond donors (Lipinski definition) is 1. The largest absolute Gasteiger partial charge is 0.356 e. The second kappa shape index (κ2) is 10.0. The molecule has 0 heterocycles. The van der Waals surface area contributed by atoms with Crippen LogP contribution in [0.5, 0.6) is 0 Å². The molecule has 0 spiro atoms. The molecule has 0 saturated heterocycles. The predicted octanol–water partition coefficient (Wildman–Crippen LogP) is 2.01. The van der Waals surface area contributed by atoms with Gasteiger partial charge in [0, 0.05) is 6.54 Å². The normalized spacial score (nSPS) is 10.0. The standard InChI is InChI=1S/C11H21NO2S/c1-10(13)9-11(14)12-7-5-3-4-6-8-15-2/h3-9H2,1-2H3,(H,12,14). The minimum atomic E-state index is -0.147. The second-order valence-electron chi connectivity index (χ2n) is 3.64. The van der Waals surface area contributed by atoms with Gasteiger partial charge in [-0.2, -0.15) is 11.8 Å². The number of carbonyl (C=O) groups excluding carboxylic acids is 2. The van der Waals surface area contributed by atoms with Crippen molar-refractivity contribution in [1.82, 2.24) is 5.32 Å². The first kappa shape index (κ1) is 14.5. The van der Waals surface area contributed by atoms with E-state index in [1.54, 1.807) is 0 Å². The highest BCUT2D eigenvalue weighted by Crippen LogP contribution is 2.03. The fourth-order valence-electron chi connectivity index (χ4n) is 1.24. The number of unbranched alkanes of at least 4 members (excludes halogenated alkanes) is 3. The molecular formula is C11H21NO2S. The van der Waals surface area contributed by atoms with Crippen LogP contribution in [0.2, 0.25) is 0 Å². The second-order valence-corrected chi connectivity index (χ2v) is 4.62. The van der Waals surface area contributed by atoms with Gasteiger partial charge in [-0.1, -0.05) is 12.8 Å². The molecular weight excluding hydrogens is 210 g/mol. The number of rotatable bonds is 9. The Morgan fingerprint density at radius 3 is 2.40 bits per heavy atom. The van der Waals surface area contributed by atoms with Gasteiger partial charge in [-0.15, -0.1) is 0 Å². The highest BCUT2D eigenvalue weighted by Gasteiger charge is 2.02. The summed E-state index contributed by atoms with van der Waals surface area (Å²) in [4.78, 5) is 21.7. The lowest BCUT2D eigenvalue weighted by Gasteiger charge is -2.03. The smallest absolute Gasteiger partial charge is 0.227 e. The van der Waals surface area contributed by atoms with Crippen molar-refractivity contribution in [3.05, 3.63) is 0 Å². The van der Waals surface area contributed by atoms with Crippen LogP contribution in [0.1, 0.15) is 39.0 Å². The molecule has 0 aliphatic heterocycles. The van der Waals surface area contributed by atoms with Crippen molar-refractivity contribution < 1.29 is 9.59 Å². The summed E-state index contributed by atoms with van der Waals surface area (Å²) >= 11 is 1.87. The Balaban J connectivity index is 3.16. The number of amides is 1. The average molecular weight is 231 g/mol. The number of hydrogen-bond acceptors (Lipinski definition) is 3. The molecule has 0 aromatic carbocycles. The van der Waals surface area contributed by atoms with E-state index < -0.39 is 0 Å². The maximum atomic E-state index is 11.1. The molecule has 0 aromatic rings. The van der Waals surface area contributed by atoms with Gasteiger partial charge in [0.1, 0.15) is 5.78 Å². The summed E-state index contributed by atoms with van der Waals surface area (Å²) in [6.45, 7) is 2.13. The Morgan fingerprint density at radius 2 is 1.80 bits per heavy atom. The number of carbonyl (C=O) groups is 2. The van der Waals surface area contributed by atoms with Gasteiger partial charge in [0.25, 0.3) is 0 Å². The highest BCUT2D eigenvalue weighted by molar-refractivity contribution is 7.98. The number of nitrogens with one attached hydrogen (secondary N) is 1. The van der Waals surface area contributed by atoms with E-state index in [0.717, 1.165) is 12.8 Å². The van der Waals surface area contributed by atoms with Crippen LogP contribution >= 0.6 is 11.8 Å². The Morgan fingerprint density at radius 1 is 1.13 bits per heavy atom. The first-order chi connectivity index (χ1) is 7.16. The van der Waals surface area contributed by atoms with E-state index in [1.807, 2.05) is 11.8 Å². The summed E-state index contributed by atoms with van der Waals surface area (Å²) in [5.41, 5.74) is 0. The molecule has 1 amide bonds. The van der Waals surface area contributed by atoms with Crippen molar-refractivity contribution in [1.29, 1.82) is 0 Å². The minimum absolute atomic E-state index is 0.0203. The molecule has 0 aromatic heterocycles. The van der Waals surface area contributed by atoms with Crippen molar-refractivity contribution in [2.75, 3.05) is 18.6 Å². The Labute approximate surface area is 96.4 Å². The van der Waals surface area contributed by atoms with E-state index in [0.29, 0.717) is 6.54 Å². The van der Waals surface area contributed by atoms with Crippen LogP contribution in [0.3, 0.4) is 0 Å². The predicted molar refractivity (Wildman–Crippen MR) is 65.2 cm³/mol. The van der Waals surface area contributed by atoms with E-state index in [2.05, 4.69) is 11.6 Å². The third-order valence-corrected chi connectivity index (χ3v) is 2.70. The van der Waals surface area contributed by atoms with Crippen LogP contribution in [0, 0.1) is 0 Å². The molecule has 1 N–H and O–H groups in total. The maximum Gasteiger partial charge on any atom is 0.227 e. The number of thioether (sulfide) groups is 1. The van der Waals surface area contributed by atoms with Gasteiger partial charge in [-0.05, 0) is 31.8 Å². The van der Waals surface area contributed by atoms with Gasteiger partial charge in [0.15, 0.2) is 0 Å². The summed E-state index contributed by atoms with van der Waals surface area (Å²) in [5, 5.41) is 2.74. The van der Waals surface area contributed by atoms with Crippen molar-refractivity contribution >= 4 is 23.5 Å². The fourth-order valence-corrected chi connectivity index (χ4v) is 1.73. The SMILES string of the molecule is CSCCCCCCNC(=O)CC(C)=O. The van der Waals surface area contributed by atoms with E-state index in [1.165, 1.54) is 25.5 Å². The molecule has 0 unspecified atom stereocenters. The zero-order valence-electron chi connectivity index (χ0n) is 9.67. The Kier molecular flexibility index (Phi) is 9.68. The molecule has 0 rings (SSSR count). The lowest BCUT2D eigenvalue weighted by molar-refractivity contribution is -0.127. The van der Waals surface area contributed by atoms with Crippen molar-refractivity contribution in [2.45, 2.75) is 39.0 Å². The van der Waals surface area contributed by atoms with Crippen LogP contribution in [-0.4, -0.2) is 30.2 Å². The average Bonchev–Trinajstić information content (AvgIpc) is 2.15. The van der Waals surface area contributed by atoms with Crippen molar-refractivity contribution in [2.24, 2.45) is 0 Å². The van der Waals surface area contributed by atoms with E-state index in [-0.39, 0.29) is 18.1 Å². The molecule has 4 heteroatoms. The summed E-state index contributed by atoms with van der Waals surface area (Å²) < 4.78 is 0. The number of ketones is 1. The van der Waals surface area contributed by atoms with Gasteiger partial charge in [-0.25, -0.2) is 0 Å². The van der Waals surface area contributed by atoms with Gasteiger partial charge in [-0.3, -0.25) is 9.59 Å². The van der Waals surface area contributed by atoms with Crippen molar-refractivity contribution in [3.8, 4) is 0 Å². The lowest BCUT2D eigenvalue weighted by Crippen LogP contribution is -2.25. The van der Waals surface area contributed by atoms with Crippen LogP contribution in [0.15, 0.2) is 0 Å². The molecule has 15 heavy (non-hydrogen) atoms. The number of Topliss-reactive ketones (excluding diaryl/α,β-unsaturated/α-hetero) is 1. The van der Waals surface area contributed by atoms with Gasteiger partial charge in [0.2, 0.25) is 5.91 Å². The zero-order valence-corrected chi connectivity index (χ0v) is 10.5. The Bertz CT molecular complexity index is 195. The Hall–Kier alpha value is -0.510. The third kappa shape index (κ3) is 11.4. The highest BCUT2D eigenvalue weighted by atomic mass is 32.2. The molecule has 3 nitrogen and oxygen atoms in total. The van der Waals surface area contributed by atoms with Crippen LogP contribution < -0.4 is 5.32 Å². The lowest BCUT2D eigenvalue weighted by atomic mass is 10.2. The molecule has 0 bridgehead atoms. The topological polar surface area (TPSA) is 46.2 Å². The first-order valence-corrected chi connectivity index (χ1v) is 6.81. The molecule has 0 radical (unpaired) electrons. The summed E-state index contributed by atoms with van der Waals surface area (Å²) in [5.74, 6) is 0.996. The maximum absolute atomic E-state index is 11.1. The zero-order chi connectivity index (χ0) is 11.5.